The van der Waals surface area contributed by atoms with Crippen molar-refractivity contribution in [3.63, 3.8) is 0 Å². The van der Waals surface area contributed by atoms with Crippen LogP contribution in [0.2, 0.25) is 0 Å². The number of aryl methyl sites for hydroxylation is 1. The van der Waals surface area contributed by atoms with Crippen molar-refractivity contribution < 1.29 is 19.1 Å². The molecule has 12 heteroatoms. The highest BCUT2D eigenvalue weighted by Crippen LogP contribution is 2.35. The van der Waals surface area contributed by atoms with E-state index >= 15 is 0 Å². The quantitative estimate of drug-likeness (QED) is 0.427. The van der Waals surface area contributed by atoms with E-state index in [1.54, 1.807) is 16.6 Å². The average Bonchev–Trinajstić information content (AvgIpc) is 2.88. The summed E-state index contributed by atoms with van der Waals surface area (Å²) in [5.41, 5.74) is 12.1. The lowest BCUT2D eigenvalue weighted by molar-refractivity contribution is 0.0204. The summed E-state index contributed by atoms with van der Waals surface area (Å²) in [6.45, 7) is 9.00. The van der Waals surface area contributed by atoms with Crippen molar-refractivity contribution in [1.82, 2.24) is 19.4 Å². The molecule has 0 bridgehead atoms. The monoisotopic (exact) mass is 537 g/mol. The summed E-state index contributed by atoms with van der Waals surface area (Å²) in [5, 5.41) is 3.30. The van der Waals surface area contributed by atoms with Crippen molar-refractivity contribution in [1.29, 1.82) is 0 Å². The van der Waals surface area contributed by atoms with Crippen LogP contribution in [0.1, 0.15) is 62.4 Å². The summed E-state index contributed by atoms with van der Waals surface area (Å²) < 4.78 is 12.7. The maximum absolute atomic E-state index is 12.8. The number of hydrogen-bond donors (Lipinski definition) is 3. The van der Waals surface area contributed by atoms with Gasteiger partial charge in [-0.15, -0.1) is 0 Å². The van der Waals surface area contributed by atoms with E-state index in [2.05, 4.69) is 15.3 Å². The highest BCUT2D eigenvalue weighted by atomic mass is 16.6. The number of methoxy groups -OCH3 is 1. The molecule has 3 heterocycles. The van der Waals surface area contributed by atoms with Crippen molar-refractivity contribution in [2.75, 3.05) is 31.2 Å². The van der Waals surface area contributed by atoms with Crippen molar-refractivity contribution in [2.24, 2.45) is 5.73 Å². The SMILES string of the molecule is CCn1c(N)c(C(N)=O)c(=O)c2cnc(Nc3ccc(C4CCN(C(=O)OC(C)(C)C)CC4)cc3OC)nc21. The fourth-order valence-electron chi connectivity index (χ4n) is 4.76. The zero-order valence-electron chi connectivity index (χ0n) is 22.9. The van der Waals surface area contributed by atoms with Crippen LogP contribution >= 0.6 is 0 Å². The van der Waals surface area contributed by atoms with E-state index in [4.69, 9.17) is 20.9 Å². The Kier molecular flexibility index (Phi) is 7.66. The molecule has 0 unspecified atom stereocenters. The maximum Gasteiger partial charge on any atom is 0.410 e. The molecule has 39 heavy (non-hydrogen) atoms. The van der Waals surface area contributed by atoms with Gasteiger partial charge in [0.25, 0.3) is 5.91 Å². The molecule has 0 saturated carbocycles. The Bertz CT molecular complexity index is 1470. The first-order chi connectivity index (χ1) is 18.4. The molecule has 12 nitrogen and oxygen atoms in total. The number of primary amides is 1. The van der Waals surface area contributed by atoms with Gasteiger partial charge < -0.3 is 35.7 Å². The summed E-state index contributed by atoms with van der Waals surface area (Å²) in [5.74, 6) is 0.162. The van der Waals surface area contributed by atoms with Crippen molar-refractivity contribution in [3.8, 4) is 5.75 Å². The van der Waals surface area contributed by atoms with E-state index in [0.717, 1.165) is 18.4 Å². The second-order valence-electron chi connectivity index (χ2n) is 10.5. The number of aromatic nitrogens is 3. The number of benzene rings is 1. The van der Waals surface area contributed by atoms with Crippen LogP contribution in [-0.2, 0) is 11.3 Å². The summed E-state index contributed by atoms with van der Waals surface area (Å²) in [6, 6.07) is 5.87. The van der Waals surface area contributed by atoms with Crippen LogP contribution in [0, 0.1) is 0 Å². The van der Waals surface area contributed by atoms with Crippen molar-refractivity contribution in [3.05, 3.63) is 45.7 Å². The van der Waals surface area contributed by atoms with Gasteiger partial charge in [0, 0.05) is 25.8 Å². The number of piperidine rings is 1. The molecule has 0 atom stereocenters. The summed E-state index contributed by atoms with van der Waals surface area (Å²) in [4.78, 5) is 47.5. The largest absolute Gasteiger partial charge is 0.495 e. The molecule has 1 fully saturated rings. The van der Waals surface area contributed by atoms with Gasteiger partial charge in [0.05, 0.1) is 18.2 Å². The smallest absolute Gasteiger partial charge is 0.410 e. The van der Waals surface area contributed by atoms with Crippen LogP contribution in [0.5, 0.6) is 5.75 Å². The molecule has 4 rings (SSSR count). The van der Waals surface area contributed by atoms with Crippen LogP contribution in [0.4, 0.5) is 22.2 Å². The number of ether oxygens (including phenoxy) is 2. The number of nitrogens with one attached hydrogen (secondary N) is 1. The molecular weight excluding hydrogens is 502 g/mol. The number of nitrogens with two attached hydrogens (primary N) is 2. The number of anilines is 3. The molecule has 3 aromatic rings. The predicted molar refractivity (Wildman–Crippen MR) is 148 cm³/mol. The van der Waals surface area contributed by atoms with Gasteiger partial charge in [-0.2, -0.15) is 4.98 Å². The highest BCUT2D eigenvalue weighted by Gasteiger charge is 2.28. The van der Waals surface area contributed by atoms with E-state index in [1.807, 2.05) is 45.9 Å². The molecule has 1 aliphatic rings. The van der Waals surface area contributed by atoms with E-state index in [9.17, 15) is 14.4 Å². The Morgan fingerprint density at radius 2 is 1.90 bits per heavy atom. The third-order valence-electron chi connectivity index (χ3n) is 6.70. The number of pyridine rings is 1. The number of likely N-dealkylation sites (tertiary alicyclic amines) is 1. The first-order valence-electron chi connectivity index (χ1n) is 12.8. The average molecular weight is 538 g/mol. The topological polar surface area (TPSA) is 168 Å². The molecule has 0 aliphatic carbocycles. The third kappa shape index (κ3) is 5.74. The Hall–Kier alpha value is -4.35. The van der Waals surface area contributed by atoms with Gasteiger partial charge in [-0.25, -0.2) is 9.78 Å². The van der Waals surface area contributed by atoms with E-state index < -0.39 is 16.9 Å². The number of carbonyl (C=O) groups excluding carboxylic acids is 2. The van der Waals surface area contributed by atoms with Crippen LogP contribution < -0.4 is 26.9 Å². The third-order valence-corrected chi connectivity index (χ3v) is 6.70. The Morgan fingerprint density at radius 1 is 1.21 bits per heavy atom. The molecule has 2 amide bonds. The molecule has 2 aromatic heterocycles. The molecule has 1 aliphatic heterocycles. The van der Waals surface area contributed by atoms with Crippen molar-refractivity contribution in [2.45, 2.75) is 58.6 Å². The molecule has 1 aromatic carbocycles. The van der Waals surface area contributed by atoms with Gasteiger partial charge in [-0.3, -0.25) is 9.59 Å². The minimum absolute atomic E-state index is 0.0354. The number of rotatable bonds is 6. The standard InChI is InChI=1S/C27H35N7O5/c1-6-34-22(28)20(23(29)36)21(35)17-14-30-25(32-24(17)34)31-18-8-7-16(13-19(18)38-5)15-9-11-33(12-10-15)26(37)39-27(2,3)4/h7-8,13-15H,6,9-12,28H2,1-5H3,(H2,29,36)(H,30,31,32). The van der Waals surface area contributed by atoms with Gasteiger partial charge in [0.15, 0.2) is 5.65 Å². The number of hydrogen-bond acceptors (Lipinski definition) is 9. The van der Waals surface area contributed by atoms with E-state index in [1.165, 1.54) is 6.20 Å². The second-order valence-corrected chi connectivity index (χ2v) is 10.5. The van der Waals surface area contributed by atoms with Crippen LogP contribution in [0.15, 0.2) is 29.2 Å². The molecule has 0 radical (unpaired) electrons. The van der Waals surface area contributed by atoms with Gasteiger partial charge >= 0.3 is 6.09 Å². The fourth-order valence-corrected chi connectivity index (χ4v) is 4.76. The lowest BCUT2D eigenvalue weighted by Crippen LogP contribution is -2.41. The number of amides is 2. The normalized spacial score (nSPS) is 14.3. The zero-order chi connectivity index (χ0) is 28.5. The van der Waals surface area contributed by atoms with Crippen LogP contribution in [0.25, 0.3) is 11.0 Å². The molecule has 5 N–H and O–H groups in total. The fraction of sp³-hybridized carbons (Fsp3) is 0.444. The predicted octanol–water partition coefficient (Wildman–Crippen LogP) is 3.36. The molecule has 0 spiro atoms. The summed E-state index contributed by atoms with van der Waals surface area (Å²) >= 11 is 0. The lowest BCUT2D eigenvalue weighted by Gasteiger charge is -2.33. The van der Waals surface area contributed by atoms with Gasteiger partial charge in [0.1, 0.15) is 22.7 Å². The summed E-state index contributed by atoms with van der Waals surface area (Å²) in [7, 11) is 1.58. The van der Waals surface area contributed by atoms with Gasteiger partial charge in [0.2, 0.25) is 11.4 Å². The van der Waals surface area contributed by atoms with E-state index in [-0.39, 0.29) is 40.4 Å². The lowest BCUT2D eigenvalue weighted by atomic mass is 9.89. The van der Waals surface area contributed by atoms with Crippen LogP contribution in [-0.4, -0.2) is 57.2 Å². The molecular formula is C27H35N7O5. The molecule has 208 valence electrons. The van der Waals surface area contributed by atoms with E-state index in [0.29, 0.717) is 31.1 Å². The molecule has 1 saturated heterocycles. The first kappa shape index (κ1) is 27.7. The first-order valence-corrected chi connectivity index (χ1v) is 12.8. The number of nitrogen functional groups attached to an aromatic ring is 1. The minimum atomic E-state index is -0.899. The van der Waals surface area contributed by atoms with Gasteiger partial charge in [-0.05, 0) is 64.2 Å². The Morgan fingerprint density at radius 3 is 2.49 bits per heavy atom. The Balaban J connectivity index is 1.55. The minimum Gasteiger partial charge on any atom is -0.495 e. The highest BCUT2D eigenvalue weighted by molar-refractivity contribution is 6.00. The van der Waals surface area contributed by atoms with Crippen LogP contribution in [0.3, 0.4) is 0 Å². The summed E-state index contributed by atoms with van der Waals surface area (Å²) in [6.07, 6.45) is 2.69. The zero-order valence-corrected chi connectivity index (χ0v) is 22.9. The maximum atomic E-state index is 12.8. The number of carbonyl (C=O) groups is 2. The number of nitrogens with zero attached hydrogens (tertiary/aromatic N) is 4. The second kappa shape index (κ2) is 10.8. The number of fused-ring (bicyclic) bond motifs is 1. The van der Waals surface area contributed by atoms with Crippen molar-refractivity contribution >= 4 is 40.5 Å². The Labute approximate surface area is 226 Å². The van der Waals surface area contributed by atoms with Gasteiger partial charge in [-0.1, -0.05) is 6.07 Å².